The first-order valence-corrected chi connectivity index (χ1v) is 10.1. The summed E-state index contributed by atoms with van der Waals surface area (Å²) in [5, 5.41) is 33.9. The number of aliphatic hydroxyl groups is 1. The molecule has 29 heavy (non-hydrogen) atoms. The van der Waals surface area contributed by atoms with Crippen LogP contribution in [0.25, 0.3) is 0 Å². The largest absolute Gasteiger partial charge is 0.481 e. The summed E-state index contributed by atoms with van der Waals surface area (Å²) in [6.07, 6.45) is 0.00425. The van der Waals surface area contributed by atoms with Crippen molar-refractivity contribution in [3.63, 3.8) is 0 Å². The van der Waals surface area contributed by atoms with Crippen molar-refractivity contribution in [2.24, 2.45) is 5.73 Å². The zero-order valence-corrected chi connectivity index (χ0v) is 17.2. The second-order valence-electron chi connectivity index (χ2n) is 6.34. The lowest BCUT2D eigenvalue weighted by atomic mass is 10.1. The first-order valence-electron chi connectivity index (χ1n) is 8.69. The fourth-order valence-corrected chi connectivity index (χ4v) is 2.58. The number of nitrogens with one attached hydrogen (secondary N) is 3. The Labute approximate surface area is 172 Å². The molecule has 0 radical (unpaired) electrons. The monoisotopic (exact) mass is 436 g/mol. The summed E-state index contributed by atoms with van der Waals surface area (Å²) in [5.74, 6) is -4.62. The summed E-state index contributed by atoms with van der Waals surface area (Å²) in [7, 11) is 0. The summed E-state index contributed by atoms with van der Waals surface area (Å²) >= 11 is 1.40. The lowest BCUT2D eigenvalue weighted by Crippen LogP contribution is -2.57. The Balaban J connectivity index is 5.03. The van der Waals surface area contributed by atoms with Crippen molar-refractivity contribution in [3.05, 3.63) is 0 Å². The van der Waals surface area contributed by atoms with Crippen molar-refractivity contribution in [2.75, 3.05) is 12.0 Å². The molecule has 3 amide bonds. The third kappa shape index (κ3) is 10.1. The van der Waals surface area contributed by atoms with Crippen LogP contribution in [-0.2, 0) is 24.0 Å². The van der Waals surface area contributed by atoms with Gasteiger partial charge in [-0.05, 0) is 32.3 Å². The van der Waals surface area contributed by atoms with Crippen LogP contribution in [0.15, 0.2) is 0 Å². The molecule has 0 fully saturated rings. The van der Waals surface area contributed by atoms with Gasteiger partial charge in [0.05, 0.1) is 18.6 Å². The standard InChI is InChI=1S/C16H28N4O8S/c1-7(13(24)20-12(8(2)21)16(27)28)18-15(26)10(4-5-29-3)19-14(25)9(17)6-11(22)23/h7-10,12,21H,4-6,17H2,1-3H3,(H,18,26)(H,19,25)(H,20,24)(H,22,23)(H,27,28). The lowest BCUT2D eigenvalue weighted by molar-refractivity contribution is -0.145. The van der Waals surface area contributed by atoms with Crippen molar-refractivity contribution < 1.29 is 39.3 Å². The molecule has 0 aliphatic carbocycles. The van der Waals surface area contributed by atoms with E-state index in [1.165, 1.54) is 25.6 Å². The van der Waals surface area contributed by atoms with Crippen molar-refractivity contribution >= 4 is 41.4 Å². The molecule has 0 heterocycles. The Bertz CT molecular complexity index is 616. The van der Waals surface area contributed by atoms with Gasteiger partial charge >= 0.3 is 11.9 Å². The number of hydrogen-bond acceptors (Lipinski definition) is 8. The molecule has 0 saturated heterocycles. The van der Waals surface area contributed by atoms with Gasteiger partial charge < -0.3 is 37.0 Å². The van der Waals surface area contributed by atoms with E-state index in [0.29, 0.717) is 5.75 Å². The Kier molecular flexibility index (Phi) is 11.9. The molecule has 0 aromatic rings. The molecule has 0 aromatic carbocycles. The van der Waals surface area contributed by atoms with Gasteiger partial charge in [-0.15, -0.1) is 0 Å². The van der Waals surface area contributed by atoms with Crippen LogP contribution in [0, 0.1) is 0 Å². The molecule has 0 bridgehead atoms. The number of amides is 3. The van der Waals surface area contributed by atoms with Crippen LogP contribution >= 0.6 is 11.8 Å². The first kappa shape index (κ1) is 26.6. The number of carbonyl (C=O) groups excluding carboxylic acids is 3. The van der Waals surface area contributed by atoms with Gasteiger partial charge in [0.1, 0.15) is 12.1 Å². The molecule has 12 nitrogen and oxygen atoms in total. The SMILES string of the molecule is CSCCC(NC(=O)C(N)CC(=O)O)C(=O)NC(C)C(=O)NC(C(=O)O)C(C)O. The topological polar surface area (TPSA) is 208 Å². The quantitative estimate of drug-likeness (QED) is 0.161. The molecule has 166 valence electrons. The maximum Gasteiger partial charge on any atom is 0.328 e. The van der Waals surface area contributed by atoms with Crippen LogP contribution < -0.4 is 21.7 Å². The minimum Gasteiger partial charge on any atom is -0.481 e. The second-order valence-corrected chi connectivity index (χ2v) is 7.33. The van der Waals surface area contributed by atoms with Crippen molar-refractivity contribution in [1.29, 1.82) is 0 Å². The van der Waals surface area contributed by atoms with Crippen LogP contribution in [0.2, 0.25) is 0 Å². The number of aliphatic carboxylic acids is 2. The number of aliphatic hydroxyl groups excluding tert-OH is 1. The minimum absolute atomic E-state index is 0.193. The normalized spacial score (nSPS) is 15.9. The van der Waals surface area contributed by atoms with E-state index in [0.717, 1.165) is 0 Å². The fourth-order valence-electron chi connectivity index (χ4n) is 2.11. The number of carbonyl (C=O) groups is 5. The minimum atomic E-state index is -1.55. The van der Waals surface area contributed by atoms with E-state index < -0.39 is 66.4 Å². The Morgan fingerprint density at radius 2 is 1.55 bits per heavy atom. The smallest absolute Gasteiger partial charge is 0.328 e. The second kappa shape index (κ2) is 13.0. The number of thioether (sulfide) groups is 1. The Hall–Kier alpha value is -2.38. The van der Waals surface area contributed by atoms with Gasteiger partial charge in [0, 0.05) is 0 Å². The third-order valence-electron chi connectivity index (χ3n) is 3.77. The van der Waals surface area contributed by atoms with Crippen molar-refractivity contribution in [3.8, 4) is 0 Å². The van der Waals surface area contributed by atoms with Crippen LogP contribution in [0.5, 0.6) is 0 Å². The molecular formula is C16H28N4O8S. The van der Waals surface area contributed by atoms with E-state index in [4.69, 9.17) is 15.9 Å². The summed E-state index contributed by atoms with van der Waals surface area (Å²) in [6.45, 7) is 2.49. The van der Waals surface area contributed by atoms with Gasteiger partial charge in [-0.2, -0.15) is 11.8 Å². The average Bonchev–Trinajstić information content (AvgIpc) is 2.61. The van der Waals surface area contributed by atoms with E-state index >= 15 is 0 Å². The molecular weight excluding hydrogens is 408 g/mol. The van der Waals surface area contributed by atoms with Crippen molar-refractivity contribution in [1.82, 2.24) is 16.0 Å². The molecule has 0 rings (SSSR count). The summed E-state index contributed by atoms with van der Waals surface area (Å²) < 4.78 is 0. The van der Waals surface area contributed by atoms with Gasteiger partial charge in [-0.1, -0.05) is 0 Å². The summed E-state index contributed by atoms with van der Waals surface area (Å²) in [6, 6.07) is -5.13. The average molecular weight is 436 g/mol. The highest BCUT2D eigenvalue weighted by Crippen LogP contribution is 2.03. The summed E-state index contributed by atoms with van der Waals surface area (Å²) in [5.41, 5.74) is 5.48. The number of carboxylic acids is 2. The van der Waals surface area contributed by atoms with Crippen LogP contribution in [0.3, 0.4) is 0 Å². The molecule has 5 atom stereocenters. The number of nitrogens with two attached hydrogens (primary N) is 1. The van der Waals surface area contributed by atoms with E-state index in [-0.39, 0.29) is 6.42 Å². The Morgan fingerprint density at radius 1 is 0.966 bits per heavy atom. The van der Waals surface area contributed by atoms with Crippen LogP contribution in [0.1, 0.15) is 26.7 Å². The van der Waals surface area contributed by atoms with E-state index in [1.54, 1.807) is 6.26 Å². The maximum absolute atomic E-state index is 12.5. The number of carboxylic acid groups (broad SMARTS) is 2. The lowest BCUT2D eigenvalue weighted by Gasteiger charge is -2.23. The van der Waals surface area contributed by atoms with Gasteiger partial charge in [0.15, 0.2) is 6.04 Å². The third-order valence-corrected chi connectivity index (χ3v) is 4.42. The zero-order valence-electron chi connectivity index (χ0n) is 16.4. The fraction of sp³-hybridized carbons (Fsp3) is 0.688. The molecule has 13 heteroatoms. The predicted octanol–water partition coefficient (Wildman–Crippen LogP) is -2.52. The summed E-state index contributed by atoms with van der Waals surface area (Å²) in [4.78, 5) is 58.3. The molecule has 0 spiro atoms. The molecule has 0 saturated carbocycles. The zero-order chi connectivity index (χ0) is 22.7. The van der Waals surface area contributed by atoms with E-state index in [9.17, 15) is 29.1 Å². The van der Waals surface area contributed by atoms with Crippen LogP contribution in [-0.4, -0.2) is 87.3 Å². The van der Waals surface area contributed by atoms with Crippen molar-refractivity contribution in [2.45, 2.75) is 57.0 Å². The van der Waals surface area contributed by atoms with Gasteiger partial charge in [0.25, 0.3) is 0 Å². The predicted molar refractivity (Wildman–Crippen MR) is 104 cm³/mol. The first-order chi connectivity index (χ1) is 13.4. The highest BCUT2D eigenvalue weighted by Gasteiger charge is 2.30. The Morgan fingerprint density at radius 3 is 2.00 bits per heavy atom. The van der Waals surface area contributed by atoms with Gasteiger partial charge in [0.2, 0.25) is 17.7 Å². The molecule has 0 aliphatic rings. The molecule has 8 N–H and O–H groups in total. The highest BCUT2D eigenvalue weighted by molar-refractivity contribution is 7.98. The van der Waals surface area contributed by atoms with E-state index in [1.807, 2.05) is 0 Å². The molecule has 0 aliphatic heterocycles. The van der Waals surface area contributed by atoms with E-state index in [2.05, 4.69) is 16.0 Å². The number of hydrogen-bond donors (Lipinski definition) is 7. The molecule has 5 unspecified atom stereocenters. The van der Waals surface area contributed by atoms with Crippen LogP contribution in [0.4, 0.5) is 0 Å². The molecule has 0 aromatic heterocycles. The van der Waals surface area contributed by atoms with Gasteiger partial charge in [-0.25, -0.2) is 4.79 Å². The number of rotatable bonds is 13. The maximum atomic E-state index is 12.5. The highest BCUT2D eigenvalue weighted by atomic mass is 32.2. The van der Waals surface area contributed by atoms with Gasteiger partial charge in [-0.3, -0.25) is 19.2 Å².